The molecule has 14 heavy (non-hydrogen) atoms. The number of carboxylic acid groups (broad SMARTS) is 1. The second kappa shape index (κ2) is 4.17. The van der Waals surface area contributed by atoms with Gasteiger partial charge in [-0.05, 0) is 24.1 Å². The summed E-state index contributed by atoms with van der Waals surface area (Å²) in [5.74, 6) is -1.01. The minimum atomic E-state index is -2.55. The predicted molar refractivity (Wildman–Crippen MR) is 47.5 cm³/mol. The molecule has 76 valence electrons. The van der Waals surface area contributed by atoms with Crippen molar-refractivity contribution in [2.75, 3.05) is 0 Å². The van der Waals surface area contributed by atoms with Gasteiger partial charge in [0.05, 0.1) is 6.42 Å². The molecule has 0 atom stereocenters. The molecule has 0 fully saturated rings. The van der Waals surface area contributed by atoms with Crippen molar-refractivity contribution in [2.24, 2.45) is 0 Å². The van der Waals surface area contributed by atoms with Crippen molar-refractivity contribution in [3.05, 3.63) is 34.9 Å². The molecule has 0 aliphatic heterocycles. The Morgan fingerprint density at radius 2 is 2.14 bits per heavy atom. The summed E-state index contributed by atoms with van der Waals surface area (Å²) in [6, 6.07) is 4.07. The first-order valence-corrected chi connectivity index (χ1v) is 4.10. The molecule has 4 heteroatoms. The lowest BCUT2D eigenvalue weighted by atomic mass is 10.0. The van der Waals surface area contributed by atoms with E-state index in [1.807, 2.05) is 0 Å². The van der Waals surface area contributed by atoms with Gasteiger partial charge < -0.3 is 5.11 Å². The Balaban J connectivity index is 3.02. The van der Waals surface area contributed by atoms with Crippen LogP contribution in [0.2, 0.25) is 0 Å². The molecular formula is C10H10F2O2. The molecule has 1 rings (SSSR count). The van der Waals surface area contributed by atoms with Gasteiger partial charge in [-0.2, -0.15) is 0 Å². The summed E-state index contributed by atoms with van der Waals surface area (Å²) >= 11 is 0. The van der Waals surface area contributed by atoms with Crippen LogP contribution in [0.3, 0.4) is 0 Å². The molecule has 0 saturated carbocycles. The Labute approximate surface area is 80.2 Å². The smallest absolute Gasteiger partial charge is 0.307 e. The van der Waals surface area contributed by atoms with E-state index in [0.29, 0.717) is 5.56 Å². The van der Waals surface area contributed by atoms with Gasteiger partial charge in [0, 0.05) is 5.56 Å². The van der Waals surface area contributed by atoms with E-state index in [4.69, 9.17) is 5.11 Å². The van der Waals surface area contributed by atoms with Crippen LogP contribution in [0.5, 0.6) is 0 Å². The maximum Gasteiger partial charge on any atom is 0.307 e. The number of carbonyl (C=O) groups is 1. The van der Waals surface area contributed by atoms with Crippen LogP contribution in [0.15, 0.2) is 18.2 Å². The number of alkyl halides is 2. The zero-order chi connectivity index (χ0) is 10.7. The van der Waals surface area contributed by atoms with E-state index < -0.39 is 12.4 Å². The first-order valence-electron chi connectivity index (χ1n) is 4.10. The van der Waals surface area contributed by atoms with Crippen molar-refractivity contribution < 1.29 is 18.7 Å². The second-order valence-electron chi connectivity index (χ2n) is 3.06. The average molecular weight is 200 g/mol. The lowest BCUT2D eigenvalue weighted by Gasteiger charge is -2.06. The van der Waals surface area contributed by atoms with E-state index in [2.05, 4.69) is 0 Å². The molecule has 0 aromatic heterocycles. The number of aliphatic carboxylic acids is 1. The third-order valence-electron chi connectivity index (χ3n) is 1.97. The van der Waals surface area contributed by atoms with Gasteiger partial charge in [-0.15, -0.1) is 0 Å². The number of hydrogen-bond donors (Lipinski definition) is 1. The van der Waals surface area contributed by atoms with Crippen LogP contribution in [0.1, 0.15) is 23.1 Å². The summed E-state index contributed by atoms with van der Waals surface area (Å²) in [5, 5.41) is 8.53. The van der Waals surface area contributed by atoms with Crippen molar-refractivity contribution in [2.45, 2.75) is 19.8 Å². The number of rotatable bonds is 3. The number of carboxylic acids is 1. The first-order chi connectivity index (χ1) is 6.50. The van der Waals surface area contributed by atoms with Gasteiger partial charge in [0.1, 0.15) is 0 Å². The van der Waals surface area contributed by atoms with Crippen LogP contribution in [-0.4, -0.2) is 11.1 Å². The molecule has 0 radical (unpaired) electrons. The topological polar surface area (TPSA) is 37.3 Å². The van der Waals surface area contributed by atoms with Crippen LogP contribution in [0, 0.1) is 6.92 Å². The highest BCUT2D eigenvalue weighted by atomic mass is 19.3. The summed E-state index contributed by atoms with van der Waals surface area (Å²) < 4.78 is 24.5. The number of hydrogen-bond acceptors (Lipinski definition) is 1. The van der Waals surface area contributed by atoms with Gasteiger partial charge in [0.25, 0.3) is 6.43 Å². The van der Waals surface area contributed by atoms with Gasteiger partial charge in [0.15, 0.2) is 0 Å². The van der Waals surface area contributed by atoms with E-state index in [9.17, 15) is 13.6 Å². The summed E-state index contributed by atoms with van der Waals surface area (Å²) in [5.41, 5.74) is 1.03. The highest BCUT2D eigenvalue weighted by Gasteiger charge is 2.10. The molecule has 2 nitrogen and oxygen atoms in total. The molecule has 1 N–H and O–H groups in total. The highest BCUT2D eigenvalue weighted by Crippen LogP contribution is 2.21. The zero-order valence-electron chi connectivity index (χ0n) is 7.63. The van der Waals surface area contributed by atoms with Crippen molar-refractivity contribution >= 4 is 5.97 Å². The number of benzene rings is 1. The highest BCUT2D eigenvalue weighted by molar-refractivity contribution is 5.70. The molecule has 0 saturated heterocycles. The molecule has 0 bridgehead atoms. The second-order valence-corrected chi connectivity index (χ2v) is 3.06. The minimum absolute atomic E-state index is 0.133. The molecule has 0 unspecified atom stereocenters. The van der Waals surface area contributed by atoms with Gasteiger partial charge in [-0.1, -0.05) is 12.1 Å². The number of halogens is 2. The molecule has 0 amide bonds. The third-order valence-corrected chi connectivity index (χ3v) is 1.97. The molecular weight excluding hydrogens is 190 g/mol. The Morgan fingerprint density at radius 3 is 2.64 bits per heavy atom. The van der Waals surface area contributed by atoms with Crippen molar-refractivity contribution in [1.82, 2.24) is 0 Å². The minimum Gasteiger partial charge on any atom is -0.481 e. The molecule has 0 spiro atoms. The summed E-state index contributed by atoms with van der Waals surface area (Å²) in [7, 11) is 0. The normalized spacial score (nSPS) is 10.6. The van der Waals surface area contributed by atoms with Gasteiger partial charge >= 0.3 is 5.97 Å². The van der Waals surface area contributed by atoms with Gasteiger partial charge in [-0.3, -0.25) is 4.79 Å². The molecule has 0 heterocycles. The zero-order valence-corrected chi connectivity index (χ0v) is 7.63. The molecule has 0 aliphatic carbocycles. The maximum absolute atomic E-state index is 12.3. The average Bonchev–Trinajstić information content (AvgIpc) is 2.07. The molecule has 0 aliphatic rings. The summed E-state index contributed by atoms with van der Waals surface area (Å²) in [6.07, 6.45) is -2.77. The summed E-state index contributed by atoms with van der Waals surface area (Å²) in [6.45, 7) is 1.70. The monoisotopic (exact) mass is 200 g/mol. The quantitative estimate of drug-likeness (QED) is 0.814. The fourth-order valence-corrected chi connectivity index (χ4v) is 1.18. The Morgan fingerprint density at radius 1 is 1.50 bits per heavy atom. The standard InChI is InChI=1S/C10H10F2O2/c1-6-2-3-7(10(11)12)4-8(6)5-9(13)14/h2-4,10H,5H2,1H3,(H,13,14). The SMILES string of the molecule is Cc1ccc(C(F)F)cc1CC(=O)O. The lowest BCUT2D eigenvalue weighted by Crippen LogP contribution is -2.02. The van der Waals surface area contributed by atoms with E-state index in [0.717, 1.165) is 5.56 Å². The van der Waals surface area contributed by atoms with Crippen LogP contribution in [0.4, 0.5) is 8.78 Å². The van der Waals surface area contributed by atoms with Crippen LogP contribution in [-0.2, 0) is 11.2 Å². The predicted octanol–water partition coefficient (Wildman–Crippen LogP) is 2.56. The molecule has 1 aromatic carbocycles. The van der Waals surface area contributed by atoms with Crippen LogP contribution in [0.25, 0.3) is 0 Å². The molecule has 1 aromatic rings. The van der Waals surface area contributed by atoms with E-state index in [1.54, 1.807) is 6.92 Å². The van der Waals surface area contributed by atoms with Crippen molar-refractivity contribution in [1.29, 1.82) is 0 Å². The van der Waals surface area contributed by atoms with Crippen molar-refractivity contribution in [3.63, 3.8) is 0 Å². The summed E-state index contributed by atoms with van der Waals surface area (Å²) in [4.78, 5) is 10.4. The Hall–Kier alpha value is -1.45. The number of aryl methyl sites for hydroxylation is 1. The fraction of sp³-hybridized carbons (Fsp3) is 0.300. The van der Waals surface area contributed by atoms with Crippen molar-refractivity contribution in [3.8, 4) is 0 Å². The largest absolute Gasteiger partial charge is 0.481 e. The first kappa shape index (κ1) is 10.6. The fourth-order valence-electron chi connectivity index (χ4n) is 1.18. The maximum atomic E-state index is 12.3. The lowest BCUT2D eigenvalue weighted by molar-refractivity contribution is -0.136. The van der Waals surface area contributed by atoms with E-state index >= 15 is 0 Å². The Kier molecular flexibility index (Phi) is 3.17. The van der Waals surface area contributed by atoms with E-state index in [1.165, 1.54) is 18.2 Å². The third kappa shape index (κ3) is 2.52. The van der Waals surface area contributed by atoms with E-state index in [-0.39, 0.29) is 12.0 Å². The van der Waals surface area contributed by atoms with Crippen LogP contribution >= 0.6 is 0 Å². The van der Waals surface area contributed by atoms with Gasteiger partial charge in [0.2, 0.25) is 0 Å². The Bertz CT molecular complexity index is 348. The van der Waals surface area contributed by atoms with Crippen LogP contribution < -0.4 is 0 Å². The van der Waals surface area contributed by atoms with Gasteiger partial charge in [-0.25, -0.2) is 8.78 Å².